The van der Waals surface area contributed by atoms with Gasteiger partial charge in [-0.1, -0.05) is 33.6 Å². The highest BCUT2D eigenvalue weighted by molar-refractivity contribution is 7.59. The van der Waals surface area contributed by atoms with Crippen molar-refractivity contribution in [3.8, 4) is 0 Å². The molecule has 0 fully saturated rings. The number of carbonyl (C=O) groups excluding carboxylic acids is 1. The molecule has 1 atom stereocenters. The number of hydrogen-bond donors (Lipinski definition) is 0. The summed E-state index contributed by atoms with van der Waals surface area (Å²) in [6.07, 6.45) is 3.30. The standard InChI is InChI=1S/C9H19NO.C2H6.H2S/c1-5-6-7-9(8(2)11)10(3)4;1-2;/h9H,5-7H2,1-4H3;1-2H3;1H2/t9-;;/m0../s1. The third-order valence-electron chi connectivity index (χ3n) is 1.92. The van der Waals surface area contributed by atoms with E-state index in [1.807, 2.05) is 32.8 Å². The first-order valence-corrected chi connectivity index (χ1v) is 5.26. The fourth-order valence-corrected chi connectivity index (χ4v) is 1.22. The molecule has 88 valence electrons. The molecule has 0 aromatic carbocycles. The molecule has 0 amide bonds. The predicted molar refractivity (Wildman–Crippen MR) is 69.4 cm³/mol. The highest BCUT2D eigenvalue weighted by Crippen LogP contribution is 2.06. The zero-order valence-electron chi connectivity index (χ0n) is 10.6. The number of nitrogens with zero attached hydrogens (tertiary/aromatic N) is 1. The first kappa shape index (κ1) is 19.5. The third-order valence-corrected chi connectivity index (χ3v) is 1.92. The Labute approximate surface area is 96.5 Å². The van der Waals surface area contributed by atoms with Crippen molar-refractivity contribution in [1.29, 1.82) is 0 Å². The molecule has 0 saturated carbocycles. The van der Waals surface area contributed by atoms with Crippen molar-refractivity contribution in [3.05, 3.63) is 0 Å². The van der Waals surface area contributed by atoms with Gasteiger partial charge in [-0.05, 0) is 27.4 Å². The minimum absolute atomic E-state index is 0. The Morgan fingerprint density at radius 3 is 1.93 bits per heavy atom. The molecule has 0 rings (SSSR count). The van der Waals surface area contributed by atoms with Gasteiger partial charge in [0.15, 0.2) is 0 Å². The lowest BCUT2D eigenvalue weighted by Crippen LogP contribution is -2.34. The van der Waals surface area contributed by atoms with Crippen molar-refractivity contribution in [1.82, 2.24) is 4.90 Å². The van der Waals surface area contributed by atoms with Crippen LogP contribution in [0.2, 0.25) is 0 Å². The van der Waals surface area contributed by atoms with Crippen molar-refractivity contribution >= 4 is 19.3 Å². The molecule has 0 saturated heterocycles. The Hall–Kier alpha value is -0.0200. The van der Waals surface area contributed by atoms with Crippen LogP contribution in [-0.4, -0.2) is 30.8 Å². The second-order valence-electron chi connectivity index (χ2n) is 3.23. The summed E-state index contributed by atoms with van der Waals surface area (Å²) >= 11 is 0. The highest BCUT2D eigenvalue weighted by Gasteiger charge is 2.14. The zero-order chi connectivity index (χ0) is 10.9. The molecule has 0 aromatic rings. The maximum Gasteiger partial charge on any atom is 0.146 e. The quantitative estimate of drug-likeness (QED) is 0.711. The molecule has 0 aromatic heterocycles. The molecule has 0 heterocycles. The van der Waals surface area contributed by atoms with Gasteiger partial charge in [-0.15, -0.1) is 0 Å². The lowest BCUT2D eigenvalue weighted by atomic mass is 10.1. The van der Waals surface area contributed by atoms with Crippen LogP contribution in [-0.2, 0) is 4.79 Å². The molecule has 0 unspecified atom stereocenters. The molecule has 0 bridgehead atoms. The van der Waals surface area contributed by atoms with Crippen LogP contribution in [0.25, 0.3) is 0 Å². The maximum absolute atomic E-state index is 11.0. The number of carbonyl (C=O) groups is 1. The van der Waals surface area contributed by atoms with E-state index in [2.05, 4.69) is 6.92 Å². The van der Waals surface area contributed by atoms with Crippen molar-refractivity contribution in [2.24, 2.45) is 0 Å². The Morgan fingerprint density at radius 1 is 1.29 bits per heavy atom. The van der Waals surface area contributed by atoms with E-state index in [1.54, 1.807) is 6.92 Å². The monoisotopic (exact) mass is 221 g/mol. The minimum atomic E-state index is 0. The van der Waals surface area contributed by atoms with E-state index in [0.717, 1.165) is 19.3 Å². The van der Waals surface area contributed by atoms with Gasteiger partial charge in [0.1, 0.15) is 5.78 Å². The van der Waals surface area contributed by atoms with Gasteiger partial charge in [0.25, 0.3) is 0 Å². The lowest BCUT2D eigenvalue weighted by Gasteiger charge is -2.20. The number of unbranched alkanes of at least 4 members (excludes halogenated alkanes) is 1. The molecule has 0 spiro atoms. The maximum atomic E-state index is 11.0. The van der Waals surface area contributed by atoms with E-state index < -0.39 is 0 Å². The second-order valence-corrected chi connectivity index (χ2v) is 3.23. The number of hydrogen-bond acceptors (Lipinski definition) is 2. The summed E-state index contributed by atoms with van der Waals surface area (Å²) in [5, 5.41) is 0. The smallest absolute Gasteiger partial charge is 0.146 e. The fraction of sp³-hybridized carbons (Fsp3) is 0.909. The van der Waals surface area contributed by atoms with E-state index >= 15 is 0 Å². The summed E-state index contributed by atoms with van der Waals surface area (Å²) < 4.78 is 0. The molecule has 0 aliphatic carbocycles. The highest BCUT2D eigenvalue weighted by atomic mass is 32.1. The van der Waals surface area contributed by atoms with E-state index in [9.17, 15) is 4.79 Å². The number of Topliss-reactive ketones (excluding diaryl/α,β-unsaturated/α-hetero) is 1. The largest absolute Gasteiger partial charge is 0.300 e. The van der Waals surface area contributed by atoms with Crippen LogP contribution in [0.1, 0.15) is 47.0 Å². The number of rotatable bonds is 5. The Bertz CT molecular complexity index is 126. The van der Waals surface area contributed by atoms with E-state index in [0.29, 0.717) is 0 Å². The van der Waals surface area contributed by atoms with Gasteiger partial charge in [0.2, 0.25) is 0 Å². The molecular weight excluding hydrogens is 194 g/mol. The second kappa shape index (κ2) is 13.0. The summed E-state index contributed by atoms with van der Waals surface area (Å²) in [4.78, 5) is 13.0. The molecule has 0 radical (unpaired) electrons. The zero-order valence-corrected chi connectivity index (χ0v) is 11.6. The van der Waals surface area contributed by atoms with Gasteiger partial charge in [0.05, 0.1) is 6.04 Å². The molecule has 2 nitrogen and oxygen atoms in total. The Balaban J connectivity index is -0.000000376. The van der Waals surface area contributed by atoms with Gasteiger partial charge in [0, 0.05) is 0 Å². The van der Waals surface area contributed by atoms with Crippen LogP contribution in [0.15, 0.2) is 0 Å². The van der Waals surface area contributed by atoms with Crippen LogP contribution in [0, 0.1) is 0 Å². The summed E-state index contributed by atoms with van der Waals surface area (Å²) in [6.45, 7) is 7.81. The Kier molecular flexibility index (Phi) is 18.1. The van der Waals surface area contributed by atoms with Gasteiger partial charge < -0.3 is 0 Å². The van der Waals surface area contributed by atoms with Gasteiger partial charge >= 0.3 is 0 Å². The van der Waals surface area contributed by atoms with Crippen LogP contribution in [0.3, 0.4) is 0 Å². The topological polar surface area (TPSA) is 20.3 Å². The predicted octanol–water partition coefficient (Wildman–Crippen LogP) is 2.83. The number of likely N-dealkylation sites (N-methyl/N-ethyl adjacent to an activating group) is 1. The van der Waals surface area contributed by atoms with Crippen LogP contribution >= 0.6 is 13.5 Å². The van der Waals surface area contributed by atoms with Crippen molar-refractivity contribution < 1.29 is 4.79 Å². The van der Waals surface area contributed by atoms with E-state index in [4.69, 9.17) is 0 Å². The van der Waals surface area contributed by atoms with E-state index in [1.165, 1.54) is 0 Å². The van der Waals surface area contributed by atoms with Gasteiger partial charge in [-0.3, -0.25) is 9.69 Å². The molecular formula is C11H27NOS. The summed E-state index contributed by atoms with van der Waals surface area (Å²) in [5.74, 6) is 0.281. The molecule has 0 aliphatic rings. The fourth-order valence-electron chi connectivity index (χ4n) is 1.22. The SMILES string of the molecule is CC.CCCC[C@@H](C(C)=O)N(C)C.S. The average Bonchev–Trinajstić information content (AvgIpc) is 2.07. The average molecular weight is 221 g/mol. The Morgan fingerprint density at radius 2 is 1.71 bits per heavy atom. The van der Waals surface area contributed by atoms with Crippen molar-refractivity contribution in [2.45, 2.75) is 53.0 Å². The van der Waals surface area contributed by atoms with Gasteiger partial charge in [-0.2, -0.15) is 13.5 Å². The molecule has 0 aliphatic heterocycles. The first-order chi connectivity index (χ1) is 6.09. The van der Waals surface area contributed by atoms with Crippen molar-refractivity contribution in [3.63, 3.8) is 0 Å². The summed E-state index contributed by atoms with van der Waals surface area (Å²) in [7, 11) is 3.92. The summed E-state index contributed by atoms with van der Waals surface area (Å²) in [5.41, 5.74) is 0. The number of ketones is 1. The summed E-state index contributed by atoms with van der Waals surface area (Å²) in [6, 6.07) is 0.134. The normalized spacial score (nSPS) is 11.1. The molecule has 3 heteroatoms. The minimum Gasteiger partial charge on any atom is -0.300 e. The lowest BCUT2D eigenvalue weighted by molar-refractivity contribution is -0.121. The van der Waals surface area contributed by atoms with Crippen molar-refractivity contribution in [2.75, 3.05) is 14.1 Å². The van der Waals surface area contributed by atoms with E-state index in [-0.39, 0.29) is 25.3 Å². The molecule has 0 N–H and O–H groups in total. The van der Waals surface area contributed by atoms with Gasteiger partial charge in [-0.25, -0.2) is 0 Å². The van der Waals surface area contributed by atoms with Crippen LogP contribution < -0.4 is 0 Å². The van der Waals surface area contributed by atoms with Crippen LogP contribution in [0.5, 0.6) is 0 Å². The van der Waals surface area contributed by atoms with Crippen LogP contribution in [0.4, 0.5) is 0 Å². The molecule has 14 heavy (non-hydrogen) atoms. The first-order valence-electron chi connectivity index (χ1n) is 5.26. The third kappa shape index (κ3) is 10.1.